The number of nitrogens with zero attached hydrogens (tertiary/aromatic N) is 3. The molecule has 3 aromatic rings. The van der Waals surface area contributed by atoms with Gasteiger partial charge in [-0.2, -0.15) is 5.21 Å². The van der Waals surface area contributed by atoms with Gasteiger partial charge in [0.25, 0.3) is 5.91 Å². The standard InChI is InChI=1S/C30H43N7O/c1-7-11-24-19-25(28(38)32-10-4)14-17-27(24)30(20-21(5)31-9-3,29-34-36-37-35-29)26-15-12-23(13-16-26)22(6)33-18-8-2/h12-17,19,21,31,33H,6-11,18,20H2,1-5H3,(H,32,38)(H,34,35,36,37). The number of hydrogen-bond acceptors (Lipinski definition) is 6. The van der Waals surface area contributed by atoms with E-state index >= 15 is 0 Å². The molecule has 0 spiro atoms. The van der Waals surface area contributed by atoms with Crippen LogP contribution in [0.5, 0.6) is 0 Å². The van der Waals surface area contributed by atoms with Gasteiger partial charge in [0.2, 0.25) is 0 Å². The minimum atomic E-state index is -0.685. The zero-order chi connectivity index (χ0) is 27.5. The van der Waals surface area contributed by atoms with Crippen molar-refractivity contribution in [1.82, 2.24) is 36.6 Å². The Morgan fingerprint density at radius 1 is 1.00 bits per heavy atom. The van der Waals surface area contributed by atoms with Crippen LogP contribution < -0.4 is 16.0 Å². The van der Waals surface area contributed by atoms with Crippen molar-refractivity contribution in [2.24, 2.45) is 0 Å². The number of aryl methyl sites for hydroxylation is 1. The normalized spacial score (nSPS) is 13.5. The number of nitrogens with one attached hydrogen (secondary N) is 4. The van der Waals surface area contributed by atoms with Gasteiger partial charge < -0.3 is 16.0 Å². The third-order valence-electron chi connectivity index (χ3n) is 6.89. The highest BCUT2D eigenvalue weighted by molar-refractivity contribution is 5.94. The van der Waals surface area contributed by atoms with Crippen molar-refractivity contribution in [2.45, 2.75) is 71.8 Å². The summed E-state index contributed by atoms with van der Waals surface area (Å²) >= 11 is 0. The van der Waals surface area contributed by atoms with Crippen LogP contribution in [-0.4, -0.2) is 52.2 Å². The van der Waals surface area contributed by atoms with Crippen LogP contribution in [0.3, 0.4) is 0 Å². The van der Waals surface area contributed by atoms with Crippen LogP contribution in [0.1, 0.15) is 92.3 Å². The van der Waals surface area contributed by atoms with Crippen LogP contribution in [0.4, 0.5) is 0 Å². The molecule has 0 bridgehead atoms. The third-order valence-corrected chi connectivity index (χ3v) is 6.89. The number of benzene rings is 2. The molecule has 0 radical (unpaired) electrons. The average molecular weight is 518 g/mol. The highest BCUT2D eigenvalue weighted by Crippen LogP contribution is 2.43. The van der Waals surface area contributed by atoms with E-state index in [2.05, 4.69) is 101 Å². The van der Waals surface area contributed by atoms with Crippen LogP contribution in [0.2, 0.25) is 0 Å². The first-order chi connectivity index (χ1) is 18.4. The predicted octanol–water partition coefficient (Wildman–Crippen LogP) is 4.59. The number of aromatic nitrogens is 4. The molecule has 4 N–H and O–H groups in total. The Morgan fingerprint density at radius 3 is 2.34 bits per heavy atom. The van der Waals surface area contributed by atoms with E-state index < -0.39 is 5.41 Å². The van der Waals surface area contributed by atoms with E-state index in [1.807, 2.05) is 19.1 Å². The topological polar surface area (TPSA) is 108 Å². The molecule has 2 unspecified atom stereocenters. The van der Waals surface area contributed by atoms with Crippen LogP contribution in [0, 0.1) is 0 Å². The Hall–Kier alpha value is -3.52. The summed E-state index contributed by atoms with van der Waals surface area (Å²) in [5.41, 5.74) is 5.20. The Bertz CT molecular complexity index is 1170. The van der Waals surface area contributed by atoms with Gasteiger partial charge in [-0.25, -0.2) is 0 Å². The highest BCUT2D eigenvalue weighted by Gasteiger charge is 2.43. The van der Waals surface area contributed by atoms with Crippen molar-refractivity contribution < 1.29 is 4.79 Å². The molecule has 3 rings (SSSR count). The molecule has 0 saturated carbocycles. The number of aromatic amines is 1. The first-order valence-corrected chi connectivity index (χ1v) is 13.8. The Balaban J connectivity index is 2.25. The minimum absolute atomic E-state index is 0.0648. The molecule has 0 saturated heterocycles. The van der Waals surface area contributed by atoms with Gasteiger partial charge >= 0.3 is 0 Å². The van der Waals surface area contributed by atoms with E-state index in [-0.39, 0.29) is 11.9 Å². The molecule has 1 aromatic heterocycles. The lowest BCUT2D eigenvalue weighted by molar-refractivity contribution is 0.0955. The molecule has 38 heavy (non-hydrogen) atoms. The van der Waals surface area contributed by atoms with Crippen molar-refractivity contribution in [3.8, 4) is 0 Å². The molecular formula is C30H43N7O. The predicted molar refractivity (Wildman–Crippen MR) is 154 cm³/mol. The van der Waals surface area contributed by atoms with Gasteiger partial charge in [-0.05, 0) is 74.0 Å². The molecule has 0 aliphatic rings. The Morgan fingerprint density at radius 2 is 1.74 bits per heavy atom. The van der Waals surface area contributed by atoms with E-state index in [9.17, 15) is 4.79 Å². The number of rotatable bonds is 15. The van der Waals surface area contributed by atoms with Gasteiger partial charge in [0.1, 0.15) is 0 Å². The number of carbonyl (C=O) groups excluding carboxylic acids is 1. The summed E-state index contributed by atoms with van der Waals surface area (Å²) in [5, 5.41) is 25.7. The summed E-state index contributed by atoms with van der Waals surface area (Å²) in [7, 11) is 0. The second kappa shape index (κ2) is 13.9. The molecule has 0 fully saturated rings. The summed E-state index contributed by atoms with van der Waals surface area (Å²) in [6.45, 7) is 17.1. The van der Waals surface area contributed by atoms with Crippen LogP contribution in [-0.2, 0) is 11.8 Å². The quantitative estimate of drug-likeness (QED) is 0.235. The zero-order valence-corrected chi connectivity index (χ0v) is 23.5. The molecule has 204 valence electrons. The molecule has 2 aromatic carbocycles. The minimum Gasteiger partial charge on any atom is -0.385 e. The Labute approximate surface area is 227 Å². The first-order valence-electron chi connectivity index (χ1n) is 13.8. The molecule has 8 heteroatoms. The first kappa shape index (κ1) is 29.0. The third kappa shape index (κ3) is 6.48. The van der Waals surface area contributed by atoms with Crippen molar-refractivity contribution in [3.63, 3.8) is 0 Å². The smallest absolute Gasteiger partial charge is 0.251 e. The lowest BCUT2D eigenvalue weighted by atomic mass is 9.67. The molecular weight excluding hydrogens is 474 g/mol. The molecule has 8 nitrogen and oxygen atoms in total. The molecule has 1 heterocycles. The summed E-state index contributed by atoms with van der Waals surface area (Å²) < 4.78 is 0. The number of amides is 1. The summed E-state index contributed by atoms with van der Waals surface area (Å²) in [4.78, 5) is 12.7. The van der Waals surface area contributed by atoms with Crippen molar-refractivity contribution in [3.05, 3.63) is 82.7 Å². The second-order valence-corrected chi connectivity index (χ2v) is 9.77. The van der Waals surface area contributed by atoms with E-state index in [0.717, 1.165) is 60.3 Å². The van der Waals surface area contributed by atoms with Gasteiger partial charge in [0.15, 0.2) is 5.82 Å². The monoisotopic (exact) mass is 517 g/mol. The average Bonchev–Trinajstić information content (AvgIpc) is 3.47. The SMILES string of the molecule is C=C(NCCC)c1ccc(C(CC(C)NCC)(c2nn[nH]n2)c2ccc(C(=O)NCC)cc2CCC)cc1. The number of hydrogen-bond donors (Lipinski definition) is 4. The summed E-state index contributed by atoms with van der Waals surface area (Å²) in [5.74, 6) is 0.547. The maximum absolute atomic E-state index is 12.7. The largest absolute Gasteiger partial charge is 0.385 e. The van der Waals surface area contributed by atoms with E-state index in [0.29, 0.717) is 24.4 Å². The lowest BCUT2D eigenvalue weighted by Crippen LogP contribution is -2.40. The summed E-state index contributed by atoms with van der Waals surface area (Å²) in [6, 6.07) is 14.7. The lowest BCUT2D eigenvalue weighted by Gasteiger charge is -2.36. The second-order valence-electron chi connectivity index (χ2n) is 9.77. The van der Waals surface area contributed by atoms with Gasteiger partial charge in [0, 0.05) is 30.4 Å². The van der Waals surface area contributed by atoms with E-state index in [1.54, 1.807) is 0 Å². The van der Waals surface area contributed by atoms with Crippen LogP contribution in [0.15, 0.2) is 49.0 Å². The van der Waals surface area contributed by atoms with E-state index in [1.165, 1.54) is 0 Å². The van der Waals surface area contributed by atoms with Crippen LogP contribution in [0.25, 0.3) is 5.70 Å². The number of tetrazole rings is 1. The van der Waals surface area contributed by atoms with Gasteiger partial charge in [0.05, 0.1) is 5.41 Å². The van der Waals surface area contributed by atoms with Crippen molar-refractivity contribution in [2.75, 3.05) is 19.6 Å². The fourth-order valence-corrected chi connectivity index (χ4v) is 5.17. The fourth-order valence-electron chi connectivity index (χ4n) is 5.17. The Kier molecular flexibility index (Phi) is 10.6. The van der Waals surface area contributed by atoms with Crippen LogP contribution >= 0.6 is 0 Å². The number of carbonyl (C=O) groups is 1. The fraction of sp³-hybridized carbons (Fsp3) is 0.467. The van der Waals surface area contributed by atoms with Gasteiger partial charge in [-0.15, -0.1) is 10.2 Å². The summed E-state index contributed by atoms with van der Waals surface area (Å²) in [6.07, 6.45) is 3.52. The van der Waals surface area contributed by atoms with Crippen molar-refractivity contribution >= 4 is 11.6 Å². The van der Waals surface area contributed by atoms with Crippen molar-refractivity contribution in [1.29, 1.82) is 0 Å². The highest BCUT2D eigenvalue weighted by atomic mass is 16.1. The molecule has 1 amide bonds. The van der Waals surface area contributed by atoms with E-state index in [4.69, 9.17) is 0 Å². The molecule has 0 aliphatic carbocycles. The van der Waals surface area contributed by atoms with Gasteiger partial charge in [-0.3, -0.25) is 4.79 Å². The zero-order valence-electron chi connectivity index (χ0n) is 23.5. The maximum atomic E-state index is 12.7. The molecule has 0 aliphatic heterocycles. The van der Waals surface area contributed by atoms with Gasteiger partial charge in [-0.1, -0.05) is 69.3 Å². The maximum Gasteiger partial charge on any atom is 0.251 e. The number of H-pyrrole nitrogens is 1. The molecule has 2 atom stereocenters.